The molecule has 0 aliphatic carbocycles. The van der Waals surface area contributed by atoms with E-state index in [9.17, 15) is 0 Å². The van der Waals surface area contributed by atoms with Crippen LogP contribution in [0.1, 0.15) is 0 Å². The Morgan fingerprint density at radius 3 is 2.28 bits per heavy atom. The van der Waals surface area contributed by atoms with Gasteiger partial charge in [0.25, 0.3) is 0 Å². The van der Waals surface area contributed by atoms with E-state index < -0.39 is 0 Å². The van der Waals surface area contributed by atoms with Gasteiger partial charge in [-0.15, -0.1) is 0 Å². The number of nitrogens with one attached hydrogen (secondary N) is 1. The first-order valence-electron chi connectivity index (χ1n) is 5.87. The molecule has 3 nitrogen and oxygen atoms in total. The van der Waals surface area contributed by atoms with Crippen LogP contribution in [0.5, 0.6) is 5.75 Å². The van der Waals surface area contributed by atoms with Crippen molar-refractivity contribution in [2.24, 2.45) is 0 Å². The molecule has 0 unspecified atom stereocenters. The zero-order chi connectivity index (χ0) is 13.0. The van der Waals surface area contributed by atoms with Crippen LogP contribution < -0.4 is 15.0 Å². The van der Waals surface area contributed by atoms with E-state index in [4.69, 9.17) is 4.74 Å². The minimum atomic E-state index is 0.852. The van der Waals surface area contributed by atoms with Crippen LogP contribution in [0.4, 0.5) is 17.1 Å². The number of hydrogen-bond donors (Lipinski definition) is 1. The number of anilines is 3. The Morgan fingerprint density at radius 1 is 0.944 bits per heavy atom. The number of methoxy groups -OCH3 is 1. The van der Waals surface area contributed by atoms with Crippen LogP contribution in [0.2, 0.25) is 0 Å². The van der Waals surface area contributed by atoms with Gasteiger partial charge in [0.05, 0.1) is 7.11 Å². The first kappa shape index (κ1) is 12.3. The van der Waals surface area contributed by atoms with Crippen LogP contribution in [0.15, 0.2) is 48.5 Å². The highest BCUT2D eigenvalue weighted by molar-refractivity contribution is 5.63. The number of ether oxygens (including phenoxy) is 1. The fraction of sp³-hybridized carbons (Fsp3) is 0.200. The fourth-order valence-electron chi connectivity index (χ4n) is 1.71. The molecule has 2 aromatic rings. The predicted molar refractivity (Wildman–Crippen MR) is 77.0 cm³/mol. The monoisotopic (exact) mass is 242 g/mol. The maximum Gasteiger partial charge on any atom is 0.120 e. The zero-order valence-corrected chi connectivity index (χ0v) is 11.0. The topological polar surface area (TPSA) is 24.5 Å². The first-order valence-corrected chi connectivity index (χ1v) is 5.87. The van der Waals surface area contributed by atoms with Crippen LogP contribution in [0.3, 0.4) is 0 Å². The third kappa shape index (κ3) is 2.94. The molecule has 2 aromatic carbocycles. The molecule has 1 N–H and O–H groups in total. The van der Waals surface area contributed by atoms with E-state index >= 15 is 0 Å². The van der Waals surface area contributed by atoms with Gasteiger partial charge >= 0.3 is 0 Å². The van der Waals surface area contributed by atoms with Gasteiger partial charge in [0.1, 0.15) is 5.75 Å². The third-order valence-electron chi connectivity index (χ3n) is 2.74. The smallest absolute Gasteiger partial charge is 0.120 e. The van der Waals surface area contributed by atoms with Crippen LogP contribution >= 0.6 is 0 Å². The summed E-state index contributed by atoms with van der Waals surface area (Å²) in [6, 6.07) is 16.2. The van der Waals surface area contributed by atoms with Crippen molar-refractivity contribution in [2.45, 2.75) is 0 Å². The van der Waals surface area contributed by atoms with Gasteiger partial charge < -0.3 is 15.0 Å². The Morgan fingerprint density at radius 2 is 1.67 bits per heavy atom. The summed E-state index contributed by atoms with van der Waals surface area (Å²) in [5.41, 5.74) is 3.27. The minimum absolute atomic E-state index is 0.852. The molecule has 0 bridgehead atoms. The molecule has 0 heterocycles. The highest BCUT2D eigenvalue weighted by atomic mass is 16.5. The molecule has 18 heavy (non-hydrogen) atoms. The van der Waals surface area contributed by atoms with Crippen LogP contribution in [0, 0.1) is 0 Å². The van der Waals surface area contributed by atoms with Gasteiger partial charge in [-0.1, -0.05) is 6.07 Å². The quantitative estimate of drug-likeness (QED) is 0.888. The lowest BCUT2D eigenvalue weighted by molar-refractivity contribution is 0.415. The fourth-order valence-corrected chi connectivity index (χ4v) is 1.71. The second-order valence-electron chi connectivity index (χ2n) is 4.30. The Balaban J connectivity index is 2.13. The van der Waals surface area contributed by atoms with E-state index in [1.165, 1.54) is 5.69 Å². The Hall–Kier alpha value is -2.16. The maximum atomic E-state index is 5.20. The molecule has 0 amide bonds. The van der Waals surface area contributed by atoms with E-state index in [0.29, 0.717) is 0 Å². The van der Waals surface area contributed by atoms with Crippen molar-refractivity contribution in [3.63, 3.8) is 0 Å². The van der Waals surface area contributed by atoms with Crippen molar-refractivity contribution < 1.29 is 4.74 Å². The summed E-state index contributed by atoms with van der Waals surface area (Å²) in [6.45, 7) is 0. The number of nitrogens with zero attached hydrogens (tertiary/aromatic N) is 1. The van der Waals surface area contributed by atoms with Gasteiger partial charge in [-0.3, -0.25) is 0 Å². The lowest BCUT2D eigenvalue weighted by Crippen LogP contribution is -2.08. The number of hydrogen-bond acceptors (Lipinski definition) is 3. The number of benzene rings is 2. The van der Waals surface area contributed by atoms with E-state index in [-0.39, 0.29) is 0 Å². The lowest BCUT2D eigenvalue weighted by Gasteiger charge is -2.13. The highest BCUT2D eigenvalue weighted by Gasteiger charge is 1.98. The van der Waals surface area contributed by atoms with Crippen molar-refractivity contribution in [1.29, 1.82) is 0 Å². The molecule has 0 aliphatic rings. The Bertz CT molecular complexity index is 506. The summed E-state index contributed by atoms with van der Waals surface area (Å²) in [6.07, 6.45) is 0. The van der Waals surface area contributed by atoms with E-state index in [0.717, 1.165) is 17.1 Å². The van der Waals surface area contributed by atoms with E-state index in [2.05, 4.69) is 34.5 Å². The highest BCUT2D eigenvalue weighted by Crippen LogP contribution is 2.22. The average molecular weight is 242 g/mol. The van der Waals surface area contributed by atoms with Crippen molar-refractivity contribution in [2.75, 3.05) is 31.4 Å². The minimum Gasteiger partial charge on any atom is -0.497 e. The molecule has 0 spiro atoms. The Labute approximate surface area is 108 Å². The van der Waals surface area contributed by atoms with Gasteiger partial charge in [-0.25, -0.2) is 0 Å². The van der Waals surface area contributed by atoms with Crippen LogP contribution in [-0.2, 0) is 0 Å². The second-order valence-corrected chi connectivity index (χ2v) is 4.30. The molecular weight excluding hydrogens is 224 g/mol. The van der Waals surface area contributed by atoms with Crippen LogP contribution in [-0.4, -0.2) is 21.2 Å². The molecule has 0 saturated carbocycles. The van der Waals surface area contributed by atoms with Gasteiger partial charge in [0.2, 0.25) is 0 Å². The molecule has 0 radical (unpaired) electrons. The first-order chi connectivity index (χ1) is 8.69. The van der Waals surface area contributed by atoms with Crippen molar-refractivity contribution in [1.82, 2.24) is 0 Å². The van der Waals surface area contributed by atoms with Crippen molar-refractivity contribution >= 4 is 17.1 Å². The summed E-state index contributed by atoms with van der Waals surface area (Å²) in [4.78, 5) is 2.08. The summed E-state index contributed by atoms with van der Waals surface area (Å²) in [5, 5.41) is 3.35. The van der Waals surface area contributed by atoms with Gasteiger partial charge in [0, 0.05) is 37.2 Å². The normalized spacial score (nSPS) is 9.94. The Kier molecular flexibility index (Phi) is 3.72. The SMILES string of the molecule is COc1cccc(Nc2ccc(N(C)C)cc2)c1. The molecule has 0 saturated heterocycles. The van der Waals surface area contributed by atoms with E-state index in [1.54, 1.807) is 7.11 Å². The molecule has 2 rings (SSSR count). The van der Waals surface area contributed by atoms with Gasteiger partial charge in [0.15, 0.2) is 0 Å². The molecule has 0 aromatic heterocycles. The zero-order valence-electron chi connectivity index (χ0n) is 11.0. The largest absolute Gasteiger partial charge is 0.497 e. The molecule has 0 aliphatic heterocycles. The van der Waals surface area contributed by atoms with Crippen LogP contribution in [0.25, 0.3) is 0 Å². The molecule has 0 atom stereocenters. The second kappa shape index (κ2) is 5.45. The molecule has 3 heteroatoms. The van der Waals surface area contributed by atoms with Crippen molar-refractivity contribution in [3.05, 3.63) is 48.5 Å². The maximum absolute atomic E-state index is 5.20. The average Bonchev–Trinajstić information content (AvgIpc) is 2.39. The number of rotatable bonds is 4. The van der Waals surface area contributed by atoms with Gasteiger partial charge in [-0.05, 0) is 36.4 Å². The standard InChI is InChI=1S/C15H18N2O/c1-17(2)14-9-7-12(8-10-14)16-13-5-4-6-15(11-13)18-3/h4-11,16H,1-3H3. The third-order valence-corrected chi connectivity index (χ3v) is 2.74. The molecular formula is C15H18N2O. The molecule has 0 fully saturated rings. The summed E-state index contributed by atoms with van der Waals surface area (Å²) >= 11 is 0. The lowest BCUT2D eigenvalue weighted by atomic mass is 10.2. The summed E-state index contributed by atoms with van der Waals surface area (Å²) < 4.78 is 5.20. The summed E-state index contributed by atoms with van der Waals surface area (Å²) in [7, 11) is 5.74. The summed E-state index contributed by atoms with van der Waals surface area (Å²) in [5.74, 6) is 0.852. The molecule has 94 valence electrons. The van der Waals surface area contributed by atoms with Gasteiger partial charge in [-0.2, -0.15) is 0 Å². The predicted octanol–water partition coefficient (Wildman–Crippen LogP) is 3.50. The van der Waals surface area contributed by atoms with E-state index in [1.807, 2.05) is 38.4 Å². The van der Waals surface area contributed by atoms with Crippen molar-refractivity contribution in [3.8, 4) is 5.75 Å².